The van der Waals surface area contributed by atoms with E-state index in [0.717, 1.165) is 5.56 Å². The molecule has 9 heteroatoms. The molecule has 1 amide bonds. The van der Waals surface area contributed by atoms with Gasteiger partial charge in [-0.15, -0.1) is 0 Å². The van der Waals surface area contributed by atoms with E-state index in [1.807, 2.05) is 19.1 Å². The van der Waals surface area contributed by atoms with Crippen molar-refractivity contribution in [3.63, 3.8) is 0 Å². The number of rotatable bonds is 8. The number of carbonyl (C=O) groups is 1. The number of amides is 1. The molecular formula is C22H28N2O6S. The largest absolute Gasteiger partial charge is 0.493 e. The maximum Gasteiger partial charge on any atom is 0.251 e. The second-order valence-electron chi connectivity index (χ2n) is 7.09. The van der Waals surface area contributed by atoms with E-state index >= 15 is 0 Å². The lowest BCUT2D eigenvalue weighted by Crippen LogP contribution is -2.40. The Labute approximate surface area is 183 Å². The molecule has 8 nitrogen and oxygen atoms in total. The zero-order chi connectivity index (χ0) is 22.4. The number of morpholine rings is 1. The summed E-state index contributed by atoms with van der Waals surface area (Å²) in [6, 6.07) is 11.3. The quantitative estimate of drug-likeness (QED) is 0.667. The maximum absolute atomic E-state index is 12.8. The van der Waals surface area contributed by atoms with Crippen LogP contribution < -0.4 is 14.8 Å². The predicted octanol–water partition coefficient (Wildman–Crippen LogP) is 2.61. The van der Waals surface area contributed by atoms with Gasteiger partial charge < -0.3 is 19.5 Å². The molecule has 0 aromatic heterocycles. The molecule has 1 saturated heterocycles. The van der Waals surface area contributed by atoms with Crippen molar-refractivity contribution >= 4 is 15.9 Å². The van der Waals surface area contributed by atoms with Gasteiger partial charge in [0.25, 0.3) is 5.91 Å². The summed E-state index contributed by atoms with van der Waals surface area (Å²) >= 11 is 0. The Morgan fingerprint density at radius 3 is 2.29 bits per heavy atom. The fourth-order valence-corrected chi connectivity index (χ4v) is 4.85. The second-order valence-corrected chi connectivity index (χ2v) is 9.03. The molecule has 168 valence electrons. The summed E-state index contributed by atoms with van der Waals surface area (Å²) < 4.78 is 42.7. The molecule has 1 atom stereocenters. The summed E-state index contributed by atoms with van der Waals surface area (Å²) in [6.45, 7) is 3.39. The number of carbonyl (C=O) groups excluding carboxylic acids is 1. The first-order valence-electron chi connectivity index (χ1n) is 10.1. The van der Waals surface area contributed by atoms with Crippen molar-refractivity contribution in [1.29, 1.82) is 0 Å². The lowest BCUT2D eigenvalue weighted by molar-refractivity contribution is 0.0730. The van der Waals surface area contributed by atoms with Gasteiger partial charge in [0.15, 0.2) is 11.5 Å². The Balaban J connectivity index is 1.73. The van der Waals surface area contributed by atoms with Gasteiger partial charge in [0.05, 0.1) is 38.4 Å². The zero-order valence-corrected chi connectivity index (χ0v) is 18.8. The minimum absolute atomic E-state index is 0.165. The van der Waals surface area contributed by atoms with Crippen LogP contribution in [0.25, 0.3) is 0 Å². The monoisotopic (exact) mass is 448 g/mol. The Morgan fingerprint density at radius 2 is 1.71 bits per heavy atom. The summed E-state index contributed by atoms with van der Waals surface area (Å²) in [7, 11) is -0.462. The lowest BCUT2D eigenvalue weighted by atomic mass is 10.0. The van der Waals surface area contributed by atoms with Crippen LogP contribution in [-0.4, -0.2) is 59.2 Å². The molecule has 0 radical (unpaired) electrons. The SMILES string of the molecule is CC[C@@H](NC(=O)c1ccc(S(=O)(=O)N2CCOCC2)cc1)c1ccc(OC)c(OC)c1. The summed E-state index contributed by atoms with van der Waals surface area (Å²) in [5.41, 5.74) is 1.28. The molecule has 1 aliphatic heterocycles. The summed E-state index contributed by atoms with van der Waals surface area (Å²) in [5, 5.41) is 3.00. The van der Waals surface area contributed by atoms with Gasteiger partial charge in [0.1, 0.15) is 0 Å². The molecule has 3 rings (SSSR count). The molecule has 2 aromatic rings. The van der Waals surface area contributed by atoms with E-state index in [0.29, 0.717) is 49.8 Å². The fourth-order valence-electron chi connectivity index (χ4n) is 3.45. The molecule has 0 unspecified atom stereocenters. The number of hydrogen-bond acceptors (Lipinski definition) is 6. The highest BCUT2D eigenvalue weighted by Gasteiger charge is 2.26. The Bertz CT molecular complexity index is 1000. The number of nitrogens with one attached hydrogen (secondary N) is 1. The Morgan fingerprint density at radius 1 is 1.06 bits per heavy atom. The summed E-state index contributed by atoms with van der Waals surface area (Å²) in [5.74, 6) is 0.923. The topological polar surface area (TPSA) is 94.2 Å². The van der Waals surface area contributed by atoms with Crippen LogP contribution in [-0.2, 0) is 14.8 Å². The highest BCUT2D eigenvalue weighted by Crippen LogP contribution is 2.31. The van der Waals surface area contributed by atoms with Crippen LogP contribution >= 0.6 is 0 Å². The predicted molar refractivity (Wildman–Crippen MR) is 116 cm³/mol. The van der Waals surface area contributed by atoms with Crippen molar-refractivity contribution in [2.24, 2.45) is 0 Å². The van der Waals surface area contributed by atoms with Crippen molar-refractivity contribution in [3.05, 3.63) is 53.6 Å². The molecule has 1 heterocycles. The fraction of sp³-hybridized carbons (Fsp3) is 0.409. The van der Waals surface area contributed by atoms with Crippen molar-refractivity contribution < 1.29 is 27.4 Å². The van der Waals surface area contributed by atoms with Gasteiger partial charge in [-0.25, -0.2) is 8.42 Å². The number of sulfonamides is 1. The van der Waals surface area contributed by atoms with Crippen molar-refractivity contribution in [2.45, 2.75) is 24.3 Å². The smallest absolute Gasteiger partial charge is 0.251 e. The molecule has 1 fully saturated rings. The van der Waals surface area contributed by atoms with Gasteiger partial charge in [-0.2, -0.15) is 4.31 Å². The highest BCUT2D eigenvalue weighted by molar-refractivity contribution is 7.89. The van der Waals surface area contributed by atoms with Gasteiger partial charge >= 0.3 is 0 Å². The van der Waals surface area contributed by atoms with Gasteiger partial charge in [-0.1, -0.05) is 13.0 Å². The second kappa shape index (κ2) is 10.1. The van der Waals surface area contributed by atoms with E-state index in [9.17, 15) is 13.2 Å². The average molecular weight is 449 g/mol. The van der Waals surface area contributed by atoms with Gasteiger partial charge in [-0.3, -0.25) is 4.79 Å². The number of nitrogens with zero attached hydrogens (tertiary/aromatic N) is 1. The minimum atomic E-state index is -3.59. The van der Waals surface area contributed by atoms with E-state index in [1.165, 1.54) is 28.6 Å². The molecule has 0 aliphatic carbocycles. The third-order valence-corrected chi connectivity index (χ3v) is 7.16. The maximum atomic E-state index is 12.8. The summed E-state index contributed by atoms with van der Waals surface area (Å²) in [6.07, 6.45) is 0.671. The van der Waals surface area contributed by atoms with Crippen LogP contribution in [0.4, 0.5) is 0 Å². The summed E-state index contributed by atoms with van der Waals surface area (Å²) in [4.78, 5) is 12.9. The zero-order valence-electron chi connectivity index (χ0n) is 18.0. The Kier molecular flexibility index (Phi) is 7.53. The number of methoxy groups -OCH3 is 2. The molecular weight excluding hydrogens is 420 g/mol. The van der Waals surface area contributed by atoms with E-state index in [1.54, 1.807) is 20.3 Å². The molecule has 0 spiro atoms. The third-order valence-electron chi connectivity index (χ3n) is 5.25. The molecule has 2 aromatic carbocycles. The van der Waals surface area contributed by atoms with Crippen molar-refractivity contribution in [1.82, 2.24) is 9.62 Å². The lowest BCUT2D eigenvalue weighted by Gasteiger charge is -2.26. The van der Waals surface area contributed by atoms with Crippen LogP contribution in [0.5, 0.6) is 11.5 Å². The van der Waals surface area contributed by atoms with Gasteiger partial charge in [0, 0.05) is 18.7 Å². The van der Waals surface area contributed by atoms with E-state index in [2.05, 4.69) is 5.32 Å². The van der Waals surface area contributed by atoms with Crippen LogP contribution in [0.15, 0.2) is 47.4 Å². The standard InChI is InChI=1S/C22H28N2O6S/c1-4-19(17-7-10-20(28-2)21(15-17)29-3)23-22(25)16-5-8-18(9-6-16)31(26,27)24-11-13-30-14-12-24/h5-10,15,19H,4,11-14H2,1-3H3,(H,23,25)/t19-/m1/s1. The minimum Gasteiger partial charge on any atom is -0.493 e. The first kappa shape index (κ1) is 23.1. The van der Waals surface area contributed by atoms with E-state index in [4.69, 9.17) is 14.2 Å². The molecule has 1 aliphatic rings. The van der Waals surface area contributed by atoms with Crippen LogP contribution in [0, 0.1) is 0 Å². The molecule has 0 bridgehead atoms. The average Bonchev–Trinajstić information content (AvgIpc) is 2.82. The van der Waals surface area contributed by atoms with Crippen LogP contribution in [0.1, 0.15) is 35.3 Å². The normalized spacial score (nSPS) is 15.8. The number of ether oxygens (including phenoxy) is 3. The molecule has 1 N–H and O–H groups in total. The molecule has 31 heavy (non-hydrogen) atoms. The molecule has 0 saturated carbocycles. The van der Waals surface area contributed by atoms with Gasteiger partial charge in [0.2, 0.25) is 10.0 Å². The first-order valence-corrected chi connectivity index (χ1v) is 11.6. The van der Waals surface area contributed by atoms with Crippen molar-refractivity contribution in [2.75, 3.05) is 40.5 Å². The van der Waals surface area contributed by atoms with Gasteiger partial charge in [-0.05, 0) is 48.4 Å². The highest BCUT2D eigenvalue weighted by atomic mass is 32.2. The Hall–Kier alpha value is -2.62. The van der Waals surface area contributed by atoms with Crippen molar-refractivity contribution in [3.8, 4) is 11.5 Å². The number of hydrogen-bond donors (Lipinski definition) is 1. The number of benzene rings is 2. The van der Waals surface area contributed by atoms with Crippen LogP contribution in [0.3, 0.4) is 0 Å². The van der Waals surface area contributed by atoms with E-state index < -0.39 is 10.0 Å². The third kappa shape index (κ3) is 5.17. The van der Waals surface area contributed by atoms with E-state index in [-0.39, 0.29) is 16.8 Å². The first-order chi connectivity index (χ1) is 14.9. The van der Waals surface area contributed by atoms with Crippen LogP contribution in [0.2, 0.25) is 0 Å².